The molecule has 3 unspecified atom stereocenters. The molecule has 0 aromatic heterocycles. The molecule has 0 aromatic rings. The molecule has 0 bridgehead atoms. The molecular weight excluding hydrogens is 245 g/mol. The van der Waals surface area contributed by atoms with Gasteiger partial charge in [0.2, 0.25) is 5.91 Å². The number of hydrogen-bond acceptors (Lipinski definition) is 3. The van der Waals surface area contributed by atoms with Crippen molar-refractivity contribution in [3.63, 3.8) is 0 Å². The molecule has 2 N–H and O–H groups in total. The van der Waals surface area contributed by atoms with E-state index >= 15 is 0 Å². The van der Waals surface area contributed by atoms with E-state index in [1.807, 2.05) is 6.92 Å². The SMILES string of the molecule is CCNC(=O)C1CCN(C2C(C)CNCC2F)CC1. The molecule has 2 aliphatic heterocycles. The van der Waals surface area contributed by atoms with Crippen molar-refractivity contribution in [2.24, 2.45) is 11.8 Å². The van der Waals surface area contributed by atoms with Crippen LogP contribution in [0.1, 0.15) is 26.7 Å². The van der Waals surface area contributed by atoms with Crippen LogP contribution in [0.5, 0.6) is 0 Å². The summed E-state index contributed by atoms with van der Waals surface area (Å²) < 4.78 is 14.1. The zero-order valence-corrected chi connectivity index (χ0v) is 12.0. The van der Waals surface area contributed by atoms with E-state index in [0.717, 1.165) is 32.5 Å². The van der Waals surface area contributed by atoms with E-state index in [9.17, 15) is 9.18 Å². The smallest absolute Gasteiger partial charge is 0.223 e. The number of nitrogens with zero attached hydrogens (tertiary/aromatic N) is 1. The Kier molecular flexibility index (Phi) is 5.16. The van der Waals surface area contributed by atoms with E-state index in [0.29, 0.717) is 19.0 Å². The minimum absolute atomic E-state index is 0.0245. The lowest BCUT2D eigenvalue weighted by Gasteiger charge is -2.43. The fourth-order valence-corrected chi connectivity index (χ4v) is 3.41. The van der Waals surface area contributed by atoms with Gasteiger partial charge in [-0.3, -0.25) is 9.69 Å². The molecule has 0 radical (unpaired) electrons. The lowest BCUT2D eigenvalue weighted by atomic mass is 9.88. The van der Waals surface area contributed by atoms with Gasteiger partial charge in [-0.2, -0.15) is 0 Å². The first-order valence-electron chi connectivity index (χ1n) is 7.50. The lowest BCUT2D eigenvalue weighted by Crippen LogP contribution is -2.58. The summed E-state index contributed by atoms with van der Waals surface area (Å²) in [5, 5.41) is 6.02. The van der Waals surface area contributed by atoms with E-state index < -0.39 is 6.17 Å². The van der Waals surface area contributed by atoms with Crippen LogP contribution in [0, 0.1) is 11.8 Å². The maximum Gasteiger partial charge on any atom is 0.223 e. The van der Waals surface area contributed by atoms with Gasteiger partial charge in [-0.1, -0.05) is 6.92 Å². The van der Waals surface area contributed by atoms with Crippen molar-refractivity contribution < 1.29 is 9.18 Å². The highest BCUT2D eigenvalue weighted by Gasteiger charge is 2.37. The number of amides is 1. The molecule has 0 aromatic carbocycles. The number of carbonyl (C=O) groups excluding carboxylic acids is 1. The van der Waals surface area contributed by atoms with Crippen LogP contribution in [0.15, 0.2) is 0 Å². The molecular formula is C14H26FN3O. The van der Waals surface area contributed by atoms with Crippen LogP contribution in [0.4, 0.5) is 4.39 Å². The number of carbonyl (C=O) groups is 1. The van der Waals surface area contributed by atoms with Gasteiger partial charge in [0.05, 0.1) is 0 Å². The molecule has 0 saturated carbocycles. The molecule has 1 amide bonds. The van der Waals surface area contributed by atoms with Gasteiger partial charge < -0.3 is 10.6 Å². The van der Waals surface area contributed by atoms with Crippen molar-refractivity contribution in [2.75, 3.05) is 32.7 Å². The van der Waals surface area contributed by atoms with E-state index in [-0.39, 0.29) is 17.9 Å². The Morgan fingerprint density at radius 3 is 2.63 bits per heavy atom. The van der Waals surface area contributed by atoms with Gasteiger partial charge in [0.25, 0.3) is 0 Å². The van der Waals surface area contributed by atoms with Gasteiger partial charge in [-0.25, -0.2) is 4.39 Å². The summed E-state index contributed by atoms with van der Waals surface area (Å²) >= 11 is 0. The van der Waals surface area contributed by atoms with Crippen LogP contribution in [0.2, 0.25) is 0 Å². The van der Waals surface area contributed by atoms with Gasteiger partial charge in [0.1, 0.15) is 6.17 Å². The van der Waals surface area contributed by atoms with Crippen LogP contribution in [-0.2, 0) is 4.79 Å². The Bertz CT molecular complexity index is 295. The zero-order chi connectivity index (χ0) is 13.8. The molecule has 4 nitrogen and oxygen atoms in total. The van der Waals surface area contributed by atoms with Crippen molar-refractivity contribution >= 4 is 5.91 Å². The van der Waals surface area contributed by atoms with Gasteiger partial charge >= 0.3 is 0 Å². The Morgan fingerprint density at radius 2 is 2.05 bits per heavy atom. The third-order valence-corrected chi connectivity index (χ3v) is 4.43. The van der Waals surface area contributed by atoms with Crippen LogP contribution in [-0.4, -0.2) is 55.7 Å². The van der Waals surface area contributed by atoms with Gasteiger partial charge in [-0.15, -0.1) is 0 Å². The van der Waals surface area contributed by atoms with Crippen LogP contribution < -0.4 is 10.6 Å². The Hall–Kier alpha value is -0.680. The summed E-state index contributed by atoms with van der Waals surface area (Å²) in [6.45, 7) is 7.79. The highest BCUT2D eigenvalue weighted by Crippen LogP contribution is 2.26. The zero-order valence-electron chi connectivity index (χ0n) is 12.0. The molecule has 0 aliphatic carbocycles. The Labute approximate surface area is 115 Å². The number of hydrogen-bond donors (Lipinski definition) is 2. The summed E-state index contributed by atoms with van der Waals surface area (Å²) in [4.78, 5) is 14.1. The van der Waals surface area contributed by atoms with Crippen molar-refractivity contribution in [3.8, 4) is 0 Å². The molecule has 2 fully saturated rings. The average molecular weight is 271 g/mol. The number of likely N-dealkylation sites (tertiary alicyclic amines) is 1. The number of rotatable bonds is 3. The Balaban J connectivity index is 1.86. The lowest BCUT2D eigenvalue weighted by molar-refractivity contribution is -0.126. The molecule has 5 heteroatoms. The second-order valence-corrected chi connectivity index (χ2v) is 5.85. The highest BCUT2D eigenvalue weighted by molar-refractivity contribution is 5.78. The van der Waals surface area contributed by atoms with Crippen LogP contribution in [0.25, 0.3) is 0 Å². The number of piperidine rings is 2. The van der Waals surface area contributed by atoms with Crippen molar-refractivity contribution in [2.45, 2.75) is 38.9 Å². The molecule has 2 saturated heterocycles. The minimum atomic E-state index is -0.787. The fraction of sp³-hybridized carbons (Fsp3) is 0.929. The predicted molar refractivity (Wildman–Crippen MR) is 73.7 cm³/mol. The predicted octanol–water partition coefficient (Wildman–Crippen LogP) is 0.780. The molecule has 2 aliphatic rings. The number of alkyl halides is 1. The first kappa shape index (κ1) is 14.7. The topological polar surface area (TPSA) is 44.4 Å². The summed E-state index contributed by atoms with van der Waals surface area (Å²) in [7, 11) is 0. The highest BCUT2D eigenvalue weighted by atomic mass is 19.1. The molecule has 2 rings (SSSR count). The monoisotopic (exact) mass is 271 g/mol. The second kappa shape index (κ2) is 6.66. The summed E-state index contributed by atoms with van der Waals surface area (Å²) in [6, 6.07) is 0.0245. The number of halogens is 1. The van der Waals surface area contributed by atoms with Crippen molar-refractivity contribution in [1.82, 2.24) is 15.5 Å². The van der Waals surface area contributed by atoms with Gasteiger partial charge in [-0.05, 0) is 45.3 Å². The normalized spacial score (nSPS) is 34.2. The van der Waals surface area contributed by atoms with E-state index in [4.69, 9.17) is 0 Å². The molecule has 110 valence electrons. The van der Waals surface area contributed by atoms with Crippen LogP contribution >= 0.6 is 0 Å². The van der Waals surface area contributed by atoms with Crippen LogP contribution in [0.3, 0.4) is 0 Å². The molecule has 0 spiro atoms. The third kappa shape index (κ3) is 3.45. The summed E-state index contributed by atoms with van der Waals surface area (Å²) in [6.07, 6.45) is 0.925. The largest absolute Gasteiger partial charge is 0.356 e. The van der Waals surface area contributed by atoms with Crippen molar-refractivity contribution in [3.05, 3.63) is 0 Å². The quantitative estimate of drug-likeness (QED) is 0.797. The number of nitrogens with one attached hydrogen (secondary N) is 2. The maximum atomic E-state index is 14.1. The fourth-order valence-electron chi connectivity index (χ4n) is 3.41. The molecule has 19 heavy (non-hydrogen) atoms. The minimum Gasteiger partial charge on any atom is -0.356 e. The van der Waals surface area contributed by atoms with E-state index in [1.165, 1.54) is 0 Å². The van der Waals surface area contributed by atoms with Crippen molar-refractivity contribution in [1.29, 1.82) is 0 Å². The maximum absolute atomic E-state index is 14.1. The molecule has 3 atom stereocenters. The van der Waals surface area contributed by atoms with E-state index in [2.05, 4.69) is 22.5 Å². The van der Waals surface area contributed by atoms with E-state index in [1.54, 1.807) is 0 Å². The standard InChI is InChI=1S/C14H26FN3O/c1-3-17-14(19)11-4-6-18(7-5-11)13-10(2)8-16-9-12(13)15/h10-13,16H,3-9H2,1-2H3,(H,17,19). The second-order valence-electron chi connectivity index (χ2n) is 5.85. The molecule has 2 heterocycles. The van der Waals surface area contributed by atoms with Gasteiger partial charge in [0, 0.05) is 25.0 Å². The summed E-state index contributed by atoms with van der Waals surface area (Å²) in [5.41, 5.74) is 0. The first-order chi connectivity index (χ1) is 9.13. The first-order valence-corrected chi connectivity index (χ1v) is 7.50. The third-order valence-electron chi connectivity index (χ3n) is 4.43. The van der Waals surface area contributed by atoms with Gasteiger partial charge in [0.15, 0.2) is 0 Å². The Morgan fingerprint density at radius 1 is 1.37 bits per heavy atom. The summed E-state index contributed by atoms with van der Waals surface area (Å²) in [5.74, 6) is 0.619. The average Bonchev–Trinajstić information content (AvgIpc) is 2.39.